The van der Waals surface area contributed by atoms with Crippen molar-refractivity contribution in [2.75, 3.05) is 6.54 Å². The first-order valence-electron chi connectivity index (χ1n) is 9.55. The molecule has 33 heavy (non-hydrogen) atoms. The highest BCUT2D eigenvalue weighted by Gasteiger charge is 2.36. The molecule has 11 heteroatoms. The van der Waals surface area contributed by atoms with Crippen LogP contribution in [0.3, 0.4) is 0 Å². The van der Waals surface area contributed by atoms with Gasteiger partial charge in [-0.2, -0.15) is 0 Å². The van der Waals surface area contributed by atoms with Gasteiger partial charge in [-0.25, -0.2) is 0 Å². The molecule has 0 bridgehead atoms. The molecule has 0 radical (unpaired) electrons. The van der Waals surface area contributed by atoms with E-state index in [0.717, 1.165) is 34.9 Å². The second-order valence-corrected chi connectivity index (χ2v) is 11.3. The van der Waals surface area contributed by atoms with Crippen LogP contribution in [0.5, 0.6) is 5.75 Å². The summed E-state index contributed by atoms with van der Waals surface area (Å²) in [6.07, 6.45) is 1.30. The Morgan fingerprint density at radius 3 is 2.42 bits per heavy atom. The van der Waals surface area contributed by atoms with E-state index in [1.807, 2.05) is 18.2 Å². The Morgan fingerprint density at radius 1 is 1.15 bits per heavy atom. The number of hydrogen-bond acceptors (Lipinski definition) is 6. The van der Waals surface area contributed by atoms with Gasteiger partial charge in [-0.15, -0.1) is 0 Å². The topological polar surface area (TPSA) is 72.9 Å². The lowest BCUT2D eigenvalue weighted by atomic mass is 10.2. The van der Waals surface area contributed by atoms with Crippen LogP contribution in [0, 0.1) is 7.14 Å². The molecule has 1 heterocycles. The number of hydrogen-bond donors (Lipinski definition) is 0. The summed E-state index contributed by atoms with van der Waals surface area (Å²) in [5.41, 5.74) is 1.54. The minimum atomic E-state index is -0.625. The third-order valence-electron chi connectivity index (χ3n) is 4.23. The first-order valence-corrected chi connectivity index (χ1v) is 13.3. The van der Waals surface area contributed by atoms with Crippen LogP contribution in [0.4, 0.5) is 4.79 Å². The molecule has 0 saturated carbocycles. The molecule has 0 aliphatic carbocycles. The van der Waals surface area contributed by atoms with E-state index in [4.69, 9.17) is 32.7 Å². The van der Waals surface area contributed by atoms with Crippen molar-refractivity contribution in [3.8, 4) is 5.75 Å². The van der Waals surface area contributed by atoms with Gasteiger partial charge in [-0.1, -0.05) is 29.3 Å². The van der Waals surface area contributed by atoms with E-state index in [9.17, 15) is 14.4 Å². The molecule has 174 valence electrons. The number of ether oxygens (including phenoxy) is 2. The van der Waals surface area contributed by atoms with Crippen molar-refractivity contribution in [3.05, 3.63) is 63.5 Å². The molecule has 0 N–H and O–H groups in total. The Morgan fingerprint density at radius 2 is 1.82 bits per heavy atom. The van der Waals surface area contributed by atoms with Crippen LogP contribution in [0.15, 0.2) is 35.2 Å². The summed E-state index contributed by atoms with van der Waals surface area (Å²) in [7, 11) is 0. The number of imide groups is 1. The van der Waals surface area contributed by atoms with E-state index in [1.54, 1.807) is 32.1 Å². The molecule has 1 saturated heterocycles. The van der Waals surface area contributed by atoms with Crippen LogP contribution < -0.4 is 4.74 Å². The molecule has 1 fully saturated rings. The third kappa shape index (κ3) is 7.00. The maximum atomic E-state index is 12.7. The summed E-state index contributed by atoms with van der Waals surface area (Å²) in [6, 6.07) is 8.92. The van der Waals surface area contributed by atoms with Crippen molar-refractivity contribution in [2.24, 2.45) is 0 Å². The molecule has 0 unspecified atom stereocenters. The smallest absolute Gasteiger partial charge is 0.326 e. The maximum absolute atomic E-state index is 12.7. The lowest BCUT2D eigenvalue weighted by Gasteiger charge is -2.13. The zero-order valence-corrected chi connectivity index (χ0v) is 24.0. The number of thioether (sulfide) groups is 1. The molecule has 1 aliphatic heterocycles. The minimum absolute atomic E-state index is 0.241. The third-order valence-corrected chi connectivity index (χ3v) is 7.33. The van der Waals surface area contributed by atoms with E-state index >= 15 is 0 Å². The average molecular weight is 732 g/mol. The molecule has 0 atom stereocenters. The first-order chi connectivity index (χ1) is 15.5. The second kappa shape index (κ2) is 11.6. The van der Waals surface area contributed by atoms with Crippen molar-refractivity contribution in [2.45, 2.75) is 26.6 Å². The molecule has 2 aromatic carbocycles. The summed E-state index contributed by atoms with van der Waals surface area (Å²) in [6.45, 7) is 3.26. The zero-order valence-electron chi connectivity index (χ0n) is 17.4. The van der Waals surface area contributed by atoms with Crippen molar-refractivity contribution < 1.29 is 23.9 Å². The van der Waals surface area contributed by atoms with Gasteiger partial charge in [-0.3, -0.25) is 19.3 Å². The summed E-state index contributed by atoms with van der Waals surface area (Å²) in [5.74, 6) is -0.461. The molecular weight excluding hydrogens is 715 g/mol. The Labute approximate surface area is 232 Å². The highest BCUT2D eigenvalue weighted by molar-refractivity contribution is 14.1. The van der Waals surface area contributed by atoms with E-state index < -0.39 is 23.7 Å². The lowest BCUT2D eigenvalue weighted by molar-refractivity contribution is -0.149. The Bertz CT molecular complexity index is 1130. The van der Waals surface area contributed by atoms with Crippen LogP contribution >= 0.6 is 80.1 Å². The summed E-state index contributed by atoms with van der Waals surface area (Å²) in [5, 5.41) is 0.576. The molecule has 1 aliphatic rings. The Balaban J connectivity index is 1.74. The lowest BCUT2D eigenvalue weighted by Crippen LogP contribution is -2.35. The predicted molar refractivity (Wildman–Crippen MR) is 147 cm³/mol. The average Bonchev–Trinajstić information content (AvgIpc) is 2.95. The van der Waals surface area contributed by atoms with Crippen LogP contribution in [-0.2, 0) is 20.9 Å². The number of carbonyl (C=O) groups is 3. The molecule has 6 nitrogen and oxygen atoms in total. The second-order valence-electron chi connectivity index (χ2n) is 7.14. The number of carbonyl (C=O) groups excluding carboxylic acids is 3. The van der Waals surface area contributed by atoms with Crippen molar-refractivity contribution in [1.82, 2.24) is 4.90 Å². The van der Waals surface area contributed by atoms with Crippen molar-refractivity contribution in [3.63, 3.8) is 0 Å². The number of amides is 2. The van der Waals surface area contributed by atoms with E-state index in [1.165, 1.54) is 0 Å². The van der Waals surface area contributed by atoms with E-state index in [2.05, 4.69) is 45.2 Å². The number of rotatable bonds is 7. The van der Waals surface area contributed by atoms with Crippen LogP contribution in [0.25, 0.3) is 6.08 Å². The summed E-state index contributed by atoms with van der Waals surface area (Å²) < 4.78 is 12.7. The Hall–Kier alpha value is -1.02. The molecule has 2 aromatic rings. The molecule has 0 spiro atoms. The fourth-order valence-corrected chi connectivity index (χ4v) is 6.24. The SMILES string of the molecule is CC(C)OC(=O)CN1C(=O)S/C(=C/c2cc(I)c(OCc3ccc(Cl)cc3Cl)c(I)c2)C1=O. The summed E-state index contributed by atoms with van der Waals surface area (Å²) in [4.78, 5) is 37.9. The zero-order chi connectivity index (χ0) is 24.3. The van der Waals surface area contributed by atoms with E-state index in [0.29, 0.717) is 15.8 Å². The molecule has 2 amide bonds. The normalized spacial score (nSPS) is 15.0. The van der Waals surface area contributed by atoms with Crippen LogP contribution in [0.1, 0.15) is 25.0 Å². The van der Waals surface area contributed by atoms with Crippen molar-refractivity contribution >= 4 is 103 Å². The number of nitrogens with zero attached hydrogens (tertiary/aromatic N) is 1. The number of esters is 1. The van der Waals surface area contributed by atoms with Gasteiger partial charge in [0.15, 0.2) is 0 Å². The fraction of sp³-hybridized carbons (Fsp3) is 0.227. The first kappa shape index (κ1) is 26.6. The number of halogens is 4. The number of benzene rings is 2. The van der Waals surface area contributed by atoms with Gasteiger partial charge < -0.3 is 9.47 Å². The fourth-order valence-electron chi connectivity index (χ4n) is 2.81. The van der Waals surface area contributed by atoms with Gasteiger partial charge >= 0.3 is 5.97 Å². The summed E-state index contributed by atoms with van der Waals surface area (Å²) >= 11 is 17.3. The minimum Gasteiger partial charge on any atom is -0.487 e. The maximum Gasteiger partial charge on any atom is 0.326 e. The monoisotopic (exact) mass is 731 g/mol. The van der Waals surface area contributed by atoms with Gasteiger partial charge in [0.05, 0.1) is 18.1 Å². The van der Waals surface area contributed by atoms with Crippen molar-refractivity contribution in [1.29, 1.82) is 0 Å². The van der Waals surface area contributed by atoms with Crippen LogP contribution in [-0.4, -0.2) is 34.7 Å². The van der Waals surface area contributed by atoms with Gasteiger partial charge in [0.1, 0.15) is 18.9 Å². The van der Waals surface area contributed by atoms with Gasteiger partial charge in [0.25, 0.3) is 11.1 Å². The highest BCUT2D eigenvalue weighted by Crippen LogP contribution is 2.35. The standard InChI is InChI=1S/C22H17Cl2I2NO5S/c1-11(2)32-19(28)9-27-21(29)18(33-22(27)30)7-12-5-16(25)20(17(26)6-12)31-10-13-3-4-14(23)8-15(13)24/h3-8,11H,9-10H2,1-2H3/b18-7+. The quantitative estimate of drug-likeness (QED) is 0.178. The molecule has 3 rings (SSSR count). The van der Waals surface area contributed by atoms with E-state index in [-0.39, 0.29) is 17.6 Å². The predicted octanol–water partition coefficient (Wildman–Crippen LogP) is 6.77. The largest absolute Gasteiger partial charge is 0.487 e. The molecular formula is C22H17Cl2I2NO5S. The Kier molecular flexibility index (Phi) is 9.35. The molecule has 0 aromatic heterocycles. The van der Waals surface area contributed by atoms with Gasteiger partial charge in [-0.05, 0) is 107 Å². The van der Waals surface area contributed by atoms with Gasteiger partial charge in [0, 0.05) is 15.6 Å². The highest BCUT2D eigenvalue weighted by atomic mass is 127. The van der Waals surface area contributed by atoms with Crippen LogP contribution in [0.2, 0.25) is 10.0 Å². The van der Waals surface area contributed by atoms with Gasteiger partial charge in [0.2, 0.25) is 0 Å².